The minimum Gasteiger partial charge on any atom is -0.374 e. The van der Waals surface area contributed by atoms with Crippen LogP contribution in [0.2, 0.25) is 0 Å². The van der Waals surface area contributed by atoms with Crippen LogP contribution in [-0.2, 0) is 16.4 Å². The van der Waals surface area contributed by atoms with Crippen LogP contribution in [0.5, 0.6) is 0 Å². The predicted octanol–water partition coefficient (Wildman–Crippen LogP) is 2.96. The zero-order valence-corrected chi connectivity index (χ0v) is 13.1. The van der Waals surface area contributed by atoms with E-state index in [4.69, 9.17) is 0 Å². The number of alkyl halides is 3. The van der Waals surface area contributed by atoms with E-state index >= 15 is 0 Å². The Morgan fingerprint density at radius 3 is 2.43 bits per heavy atom. The van der Waals surface area contributed by atoms with E-state index < -0.39 is 15.5 Å². The molecule has 0 unspecified atom stereocenters. The summed E-state index contributed by atoms with van der Waals surface area (Å²) in [5.41, 5.74) is -2.04. The van der Waals surface area contributed by atoms with Crippen molar-refractivity contribution < 1.29 is 21.6 Å². The highest BCUT2D eigenvalue weighted by molar-refractivity contribution is 7.90. The van der Waals surface area contributed by atoms with Crippen molar-refractivity contribution in [1.29, 1.82) is 0 Å². The molecule has 2 aliphatic heterocycles. The third kappa shape index (κ3) is 2.71. The van der Waals surface area contributed by atoms with Gasteiger partial charge in [-0.25, -0.2) is 4.31 Å². The van der Waals surface area contributed by atoms with Crippen molar-refractivity contribution >= 4 is 15.7 Å². The van der Waals surface area contributed by atoms with Crippen molar-refractivity contribution in [3.63, 3.8) is 0 Å². The Morgan fingerprint density at radius 2 is 1.83 bits per heavy atom. The summed E-state index contributed by atoms with van der Waals surface area (Å²) < 4.78 is 60.4. The van der Waals surface area contributed by atoms with Gasteiger partial charge in [-0.1, -0.05) is 24.3 Å². The second kappa shape index (κ2) is 5.30. The van der Waals surface area contributed by atoms with Gasteiger partial charge in [0, 0.05) is 37.6 Å². The summed E-state index contributed by atoms with van der Waals surface area (Å²) >= 11 is 0. The van der Waals surface area contributed by atoms with Crippen LogP contribution < -0.4 is 4.90 Å². The predicted molar refractivity (Wildman–Crippen MR) is 81.3 cm³/mol. The molecule has 1 aromatic rings. The van der Waals surface area contributed by atoms with Crippen LogP contribution in [0, 0.1) is 0 Å². The number of likely N-dealkylation sites (N-methyl/N-ethyl adjacent to an activating group) is 1. The molecule has 0 aromatic heterocycles. The molecular formula is C15H15F3N2O2S. The van der Waals surface area contributed by atoms with Gasteiger partial charge in [-0.05, 0) is 23.6 Å². The molecule has 1 aromatic carbocycles. The van der Waals surface area contributed by atoms with Gasteiger partial charge in [0.25, 0.3) is 0 Å². The van der Waals surface area contributed by atoms with Crippen molar-refractivity contribution in [3.05, 3.63) is 53.9 Å². The van der Waals surface area contributed by atoms with Gasteiger partial charge in [0.1, 0.15) is 0 Å². The minimum atomic E-state index is -5.37. The fourth-order valence-corrected chi connectivity index (χ4v) is 3.47. The summed E-state index contributed by atoms with van der Waals surface area (Å²) in [6, 6.07) is 5.91. The van der Waals surface area contributed by atoms with Crippen LogP contribution in [-0.4, -0.2) is 31.8 Å². The molecule has 0 N–H and O–H groups in total. The highest BCUT2D eigenvalue weighted by Crippen LogP contribution is 2.34. The first-order chi connectivity index (χ1) is 10.7. The molecule has 0 spiro atoms. The molecule has 0 aliphatic carbocycles. The van der Waals surface area contributed by atoms with Gasteiger partial charge in [-0.2, -0.15) is 21.6 Å². The van der Waals surface area contributed by atoms with E-state index in [1.165, 1.54) is 17.7 Å². The molecule has 4 nitrogen and oxygen atoms in total. The highest BCUT2D eigenvalue weighted by atomic mass is 32.2. The number of hydrogen-bond acceptors (Lipinski definition) is 3. The lowest BCUT2D eigenvalue weighted by Gasteiger charge is -2.23. The van der Waals surface area contributed by atoms with Gasteiger partial charge < -0.3 is 4.90 Å². The average molecular weight is 344 g/mol. The molecule has 3 rings (SSSR count). The van der Waals surface area contributed by atoms with Crippen LogP contribution in [0.3, 0.4) is 0 Å². The molecule has 0 radical (unpaired) electrons. The Hall–Kier alpha value is -1.96. The van der Waals surface area contributed by atoms with E-state index in [2.05, 4.69) is 4.90 Å². The second-order valence-electron chi connectivity index (χ2n) is 5.55. The van der Waals surface area contributed by atoms with Crippen LogP contribution in [0.15, 0.2) is 42.8 Å². The number of sulfonamides is 1. The number of anilines is 1. The monoisotopic (exact) mass is 344 g/mol. The fraction of sp³-hybridized carbons (Fsp3) is 0.333. The molecule has 8 heteroatoms. The van der Waals surface area contributed by atoms with Gasteiger partial charge in [0.15, 0.2) is 0 Å². The lowest BCUT2D eigenvalue weighted by molar-refractivity contribution is -0.0468. The summed E-state index contributed by atoms with van der Waals surface area (Å²) in [6.45, 7) is 0.937. The van der Waals surface area contributed by atoms with E-state index in [1.54, 1.807) is 0 Å². The summed E-state index contributed by atoms with van der Waals surface area (Å²) in [5, 5.41) is 0. The summed E-state index contributed by atoms with van der Waals surface area (Å²) in [6.07, 6.45) is 5.72. The molecular weight excluding hydrogens is 329 g/mol. The Labute approximate surface area is 132 Å². The maximum absolute atomic E-state index is 12.5. The number of nitrogens with zero attached hydrogens (tertiary/aromatic N) is 2. The first-order valence-corrected chi connectivity index (χ1v) is 8.44. The largest absolute Gasteiger partial charge is 0.517 e. The van der Waals surface area contributed by atoms with E-state index in [1.807, 2.05) is 25.2 Å². The van der Waals surface area contributed by atoms with E-state index in [0.717, 1.165) is 36.6 Å². The molecule has 0 saturated carbocycles. The summed E-state index contributed by atoms with van der Waals surface area (Å²) in [7, 11) is -3.36. The molecule has 0 saturated heterocycles. The molecule has 2 heterocycles. The third-order valence-electron chi connectivity index (χ3n) is 4.07. The maximum Gasteiger partial charge on any atom is 0.517 e. The smallest absolute Gasteiger partial charge is 0.374 e. The lowest BCUT2D eigenvalue weighted by atomic mass is 9.95. The van der Waals surface area contributed by atoms with Gasteiger partial charge in [0.05, 0.1) is 0 Å². The van der Waals surface area contributed by atoms with Gasteiger partial charge in [-0.15, -0.1) is 0 Å². The van der Waals surface area contributed by atoms with Crippen molar-refractivity contribution in [2.45, 2.75) is 17.8 Å². The molecule has 0 fully saturated rings. The van der Waals surface area contributed by atoms with E-state index in [9.17, 15) is 21.6 Å². The number of benzene rings is 1. The first-order valence-electron chi connectivity index (χ1n) is 7.00. The number of halogens is 3. The molecule has 0 atom stereocenters. The Morgan fingerprint density at radius 1 is 1.17 bits per heavy atom. The Bertz CT molecular complexity index is 770. The van der Waals surface area contributed by atoms with Crippen LogP contribution >= 0.6 is 0 Å². The van der Waals surface area contributed by atoms with Crippen LogP contribution in [0.25, 0.3) is 0 Å². The summed E-state index contributed by atoms with van der Waals surface area (Å²) in [4.78, 5) is 2.14. The number of allylic oxidation sites excluding steroid dienone is 2. The molecule has 0 bridgehead atoms. The topological polar surface area (TPSA) is 40.6 Å². The molecule has 0 amide bonds. The summed E-state index contributed by atoms with van der Waals surface area (Å²) in [5.74, 6) is -0.245. The van der Waals surface area contributed by atoms with Gasteiger partial charge in [0.2, 0.25) is 0 Å². The van der Waals surface area contributed by atoms with Crippen molar-refractivity contribution in [2.24, 2.45) is 0 Å². The van der Waals surface area contributed by atoms with Crippen molar-refractivity contribution in [1.82, 2.24) is 4.31 Å². The Balaban J connectivity index is 1.82. The fourth-order valence-electron chi connectivity index (χ4n) is 2.76. The van der Waals surface area contributed by atoms with Crippen LogP contribution in [0.1, 0.15) is 17.0 Å². The third-order valence-corrected chi connectivity index (χ3v) is 5.45. The normalized spacial score (nSPS) is 18.6. The standard InChI is InChI=1S/C15H15F3N2O2S/c1-19-7-4-13-10-12(2-3-14(13)19)11-5-8-20(9-6-11)23(21,22)15(16,17)18/h2-3,5-6,8-11H,4,7H2,1H3. The van der Waals surface area contributed by atoms with E-state index in [-0.39, 0.29) is 10.2 Å². The highest BCUT2D eigenvalue weighted by Gasteiger charge is 2.49. The second-order valence-corrected chi connectivity index (χ2v) is 7.38. The number of hydrogen-bond donors (Lipinski definition) is 0. The first kappa shape index (κ1) is 15.9. The SMILES string of the molecule is CN1CCc2cc(C3C=CN(S(=O)(=O)C(F)(F)F)C=C3)ccc21. The molecule has 124 valence electrons. The van der Waals surface area contributed by atoms with Crippen LogP contribution in [0.4, 0.5) is 18.9 Å². The van der Waals surface area contributed by atoms with Crippen molar-refractivity contribution in [3.8, 4) is 0 Å². The van der Waals surface area contributed by atoms with E-state index in [0.29, 0.717) is 0 Å². The zero-order chi connectivity index (χ0) is 16.8. The minimum absolute atomic E-state index is 0.199. The number of fused-ring (bicyclic) bond motifs is 1. The molecule has 2 aliphatic rings. The maximum atomic E-state index is 12.5. The van der Waals surface area contributed by atoms with Gasteiger partial charge in [-0.3, -0.25) is 0 Å². The lowest BCUT2D eigenvalue weighted by Crippen LogP contribution is -2.35. The quantitative estimate of drug-likeness (QED) is 0.828. The Kier molecular flexibility index (Phi) is 3.66. The number of rotatable bonds is 2. The molecule has 23 heavy (non-hydrogen) atoms. The average Bonchev–Trinajstić information content (AvgIpc) is 2.87. The zero-order valence-electron chi connectivity index (χ0n) is 12.3. The van der Waals surface area contributed by atoms with Crippen molar-refractivity contribution in [2.75, 3.05) is 18.5 Å². The van der Waals surface area contributed by atoms with Gasteiger partial charge >= 0.3 is 15.5 Å².